The van der Waals surface area contributed by atoms with Crippen LogP contribution < -0.4 is 11.3 Å². The minimum Gasteiger partial charge on any atom is -0.308 e. The summed E-state index contributed by atoms with van der Waals surface area (Å²) in [6.07, 6.45) is 0.822. The molecule has 0 unspecified atom stereocenters. The van der Waals surface area contributed by atoms with Crippen molar-refractivity contribution in [3.8, 4) is 0 Å². The quantitative estimate of drug-likeness (QED) is 0.415. The molecule has 3 N–H and O–H groups in total. The summed E-state index contributed by atoms with van der Waals surface area (Å²) in [4.78, 5) is 7.98. The zero-order valence-corrected chi connectivity index (χ0v) is 7.81. The first-order chi connectivity index (χ1) is 5.69. The largest absolute Gasteiger partial charge is 0.308 e. The molecular weight excluding hydrogens is 176 g/mol. The van der Waals surface area contributed by atoms with E-state index in [1.807, 2.05) is 13.8 Å². The number of nitrogens with zero attached hydrogens (tertiary/aromatic N) is 2. The Balaban J connectivity index is 3.22. The SMILES string of the molecule is CCc1nc(Cl)nc(NN)c1C. The van der Waals surface area contributed by atoms with E-state index in [2.05, 4.69) is 15.4 Å². The summed E-state index contributed by atoms with van der Waals surface area (Å²) >= 11 is 5.66. The molecule has 66 valence electrons. The normalized spacial score (nSPS) is 10.0. The van der Waals surface area contributed by atoms with E-state index in [0.29, 0.717) is 5.82 Å². The standard InChI is InChI=1S/C7H11ClN4/c1-3-5-4(2)6(12-9)11-7(8)10-5/h3,9H2,1-2H3,(H,10,11,12). The molecule has 0 saturated carbocycles. The van der Waals surface area contributed by atoms with Gasteiger partial charge in [-0.25, -0.2) is 10.8 Å². The van der Waals surface area contributed by atoms with Crippen LogP contribution in [0, 0.1) is 6.92 Å². The molecule has 1 aromatic rings. The maximum Gasteiger partial charge on any atom is 0.224 e. The van der Waals surface area contributed by atoms with E-state index < -0.39 is 0 Å². The molecule has 4 nitrogen and oxygen atoms in total. The topological polar surface area (TPSA) is 63.8 Å². The van der Waals surface area contributed by atoms with Crippen LogP contribution in [0.5, 0.6) is 0 Å². The number of hydrogen-bond donors (Lipinski definition) is 2. The average Bonchev–Trinajstić information content (AvgIpc) is 2.08. The van der Waals surface area contributed by atoms with E-state index in [-0.39, 0.29) is 5.28 Å². The van der Waals surface area contributed by atoms with Gasteiger partial charge in [0.2, 0.25) is 5.28 Å². The van der Waals surface area contributed by atoms with Crippen molar-refractivity contribution in [1.82, 2.24) is 9.97 Å². The number of nitrogens with two attached hydrogens (primary N) is 1. The minimum atomic E-state index is 0.227. The first-order valence-electron chi connectivity index (χ1n) is 3.68. The first kappa shape index (κ1) is 9.22. The molecule has 0 atom stereocenters. The molecule has 0 radical (unpaired) electrons. The Bertz CT molecular complexity index is 262. The molecule has 1 aromatic heterocycles. The second-order valence-electron chi connectivity index (χ2n) is 2.41. The fourth-order valence-corrected chi connectivity index (χ4v) is 1.20. The second kappa shape index (κ2) is 3.69. The summed E-state index contributed by atoms with van der Waals surface area (Å²) in [6.45, 7) is 3.91. The first-order valence-corrected chi connectivity index (χ1v) is 4.06. The van der Waals surface area contributed by atoms with Gasteiger partial charge in [0.15, 0.2) is 0 Å². The van der Waals surface area contributed by atoms with Crippen molar-refractivity contribution in [2.24, 2.45) is 5.84 Å². The minimum absolute atomic E-state index is 0.227. The summed E-state index contributed by atoms with van der Waals surface area (Å²) in [5.74, 6) is 5.83. The number of rotatable bonds is 2. The third-order valence-corrected chi connectivity index (χ3v) is 1.86. The summed E-state index contributed by atoms with van der Waals surface area (Å²) in [6, 6.07) is 0. The van der Waals surface area contributed by atoms with E-state index in [1.165, 1.54) is 0 Å². The molecule has 0 aliphatic rings. The molecule has 5 heteroatoms. The Hall–Kier alpha value is -0.870. The summed E-state index contributed by atoms with van der Waals surface area (Å²) in [5.41, 5.74) is 4.34. The van der Waals surface area contributed by atoms with Crippen molar-refractivity contribution in [3.63, 3.8) is 0 Å². The molecule has 0 aromatic carbocycles. The number of anilines is 1. The van der Waals surface area contributed by atoms with E-state index in [1.54, 1.807) is 0 Å². The van der Waals surface area contributed by atoms with Crippen LogP contribution in [0.15, 0.2) is 0 Å². The Morgan fingerprint density at radius 3 is 2.67 bits per heavy atom. The monoisotopic (exact) mass is 186 g/mol. The van der Waals surface area contributed by atoms with Gasteiger partial charge >= 0.3 is 0 Å². The Kier molecular flexibility index (Phi) is 2.83. The smallest absolute Gasteiger partial charge is 0.224 e. The van der Waals surface area contributed by atoms with Crippen molar-refractivity contribution in [1.29, 1.82) is 0 Å². The molecule has 1 rings (SSSR count). The highest BCUT2D eigenvalue weighted by Crippen LogP contribution is 2.16. The molecule has 0 amide bonds. The Morgan fingerprint density at radius 2 is 2.17 bits per heavy atom. The number of nitrogen functional groups attached to an aromatic ring is 1. The number of aromatic nitrogens is 2. The molecule has 0 bridgehead atoms. The Labute approximate surface area is 76.1 Å². The van der Waals surface area contributed by atoms with Gasteiger partial charge in [0.1, 0.15) is 5.82 Å². The van der Waals surface area contributed by atoms with Crippen molar-refractivity contribution < 1.29 is 0 Å². The van der Waals surface area contributed by atoms with Crippen LogP contribution in [0.1, 0.15) is 18.2 Å². The molecule has 0 fully saturated rings. The van der Waals surface area contributed by atoms with Gasteiger partial charge in [-0.05, 0) is 24.9 Å². The lowest BCUT2D eigenvalue weighted by atomic mass is 10.2. The van der Waals surface area contributed by atoms with Gasteiger partial charge in [-0.3, -0.25) is 0 Å². The number of hydrazine groups is 1. The molecular formula is C7H11ClN4. The van der Waals surface area contributed by atoms with Gasteiger partial charge in [0.25, 0.3) is 0 Å². The summed E-state index contributed by atoms with van der Waals surface area (Å²) < 4.78 is 0. The number of aryl methyl sites for hydroxylation is 1. The molecule has 0 aliphatic heterocycles. The van der Waals surface area contributed by atoms with Crippen LogP contribution in [0.25, 0.3) is 0 Å². The molecule has 12 heavy (non-hydrogen) atoms. The van der Waals surface area contributed by atoms with E-state index in [0.717, 1.165) is 17.7 Å². The zero-order valence-electron chi connectivity index (χ0n) is 7.06. The third kappa shape index (κ3) is 1.65. The average molecular weight is 187 g/mol. The lowest BCUT2D eigenvalue weighted by Crippen LogP contribution is -2.12. The summed E-state index contributed by atoms with van der Waals surface area (Å²) in [7, 11) is 0. The molecule has 1 heterocycles. The lowest BCUT2D eigenvalue weighted by molar-refractivity contribution is 0.967. The van der Waals surface area contributed by atoms with Gasteiger partial charge in [0.05, 0.1) is 5.69 Å². The third-order valence-electron chi connectivity index (χ3n) is 1.69. The highest BCUT2D eigenvalue weighted by molar-refractivity contribution is 6.28. The molecule has 0 aliphatic carbocycles. The maximum absolute atomic E-state index is 5.66. The van der Waals surface area contributed by atoms with Crippen LogP contribution in [0.4, 0.5) is 5.82 Å². The molecule has 0 saturated heterocycles. The fourth-order valence-electron chi connectivity index (χ4n) is 1.02. The van der Waals surface area contributed by atoms with Crippen LogP contribution in [-0.4, -0.2) is 9.97 Å². The van der Waals surface area contributed by atoms with Crippen molar-refractivity contribution in [2.75, 3.05) is 5.43 Å². The van der Waals surface area contributed by atoms with Gasteiger partial charge in [0, 0.05) is 5.56 Å². The van der Waals surface area contributed by atoms with Gasteiger partial charge < -0.3 is 5.43 Å². The van der Waals surface area contributed by atoms with Crippen LogP contribution in [0.2, 0.25) is 5.28 Å². The predicted molar refractivity (Wildman–Crippen MR) is 49.0 cm³/mol. The van der Waals surface area contributed by atoms with Crippen LogP contribution >= 0.6 is 11.6 Å². The van der Waals surface area contributed by atoms with Crippen LogP contribution in [0.3, 0.4) is 0 Å². The highest BCUT2D eigenvalue weighted by atomic mass is 35.5. The van der Waals surface area contributed by atoms with Crippen molar-refractivity contribution >= 4 is 17.4 Å². The number of halogens is 1. The second-order valence-corrected chi connectivity index (χ2v) is 2.75. The number of hydrogen-bond acceptors (Lipinski definition) is 4. The van der Waals surface area contributed by atoms with Gasteiger partial charge in [-0.1, -0.05) is 6.92 Å². The number of nitrogens with one attached hydrogen (secondary N) is 1. The summed E-state index contributed by atoms with van der Waals surface area (Å²) in [5, 5.41) is 0.227. The predicted octanol–water partition coefficient (Wildman–Crippen LogP) is 1.29. The highest BCUT2D eigenvalue weighted by Gasteiger charge is 2.06. The zero-order chi connectivity index (χ0) is 9.14. The van der Waals surface area contributed by atoms with Crippen molar-refractivity contribution in [2.45, 2.75) is 20.3 Å². The lowest BCUT2D eigenvalue weighted by Gasteiger charge is -2.07. The maximum atomic E-state index is 5.66. The molecule has 0 spiro atoms. The van der Waals surface area contributed by atoms with E-state index in [4.69, 9.17) is 17.4 Å². The van der Waals surface area contributed by atoms with E-state index in [9.17, 15) is 0 Å². The van der Waals surface area contributed by atoms with Crippen molar-refractivity contribution in [3.05, 3.63) is 16.5 Å². The Morgan fingerprint density at radius 1 is 1.50 bits per heavy atom. The van der Waals surface area contributed by atoms with Gasteiger partial charge in [-0.2, -0.15) is 4.98 Å². The van der Waals surface area contributed by atoms with Crippen LogP contribution in [-0.2, 0) is 6.42 Å². The fraction of sp³-hybridized carbons (Fsp3) is 0.429. The van der Waals surface area contributed by atoms with Gasteiger partial charge in [-0.15, -0.1) is 0 Å². The van der Waals surface area contributed by atoms with E-state index >= 15 is 0 Å².